The van der Waals surface area contributed by atoms with Crippen LogP contribution in [0.2, 0.25) is 0 Å². The standard InChI is InChI=1S/C12H18N2OS/c1-10-5-6-13-11(7-10)8-14-16(15)9-12(2,3)4/h5-8H,9H2,1-4H3. The highest BCUT2D eigenvalue weighted by Gasteiger charge is 2.19. The lowest BCUT2D eigenvalue weighted by Crippen LogP contribution is -2.19. The van der Waals surface area contributed by atoms with E-state index in [2.05, 4.69) is 9.38 Å². The molecule has 88 valence electrons. The number of pyridine rings is 1. The molecule has 1 aromatic heterocycles. The van der Waals surface area contributed by atoms with E-state index in [4.69, 9.17) is 0 Å². The second kappa shape index (κ2) is 5.46. The van der Waals surface area contributed by atoms with E-state index in [1.54, 1.807) is 12.4 Å². The molecule has 1 atom stereocenters. The van der Waals surface area contributed by atoms with E-state index in [0.29, 0.717) is 5.75 Å². The molecule has 3 nitrogen and oxygen atoms in total. The molecule has 1 aromatic rings. The van der Waals surface area contributed by atoms with Crippen molar-refractivity contribution in [3.05, 3.63) is 29.6 Å². The predicted octanol–water partition coefficient (Wildman–Crippen LogP) is 2.52. The Labute approximate surface area is 100 Å². The van der Waals surface area contributed by atoms with Gasteiger partial charge in [-0.25, -0.2) is 0 Å². The Balaban J connectivity index is 2.60. The Morgan fingerprint density at radius 2 is 2.19 bits per heavy atom. The van der Waals surface area contributed by atoms with Crippen LogP contribution in [0.3, 0.4) is 0 Å². The summed E-state index contributed by atoms with van der Waals surface area (Å²) in [6, 6.07) is 3.83. The minimum Gasteiger partial charge on any atom is -0.591 e. The number of hydrogen-bond donors (Lipinski definition) is 0. The van der Waals surface area contributed by atoms with Crippen molar-refractivity contribution in [2.75, 3.05) is 5.75 Å². The van der Waals surface area contributed by atoms with Crippen LogP contribution in [0.1, 0.15) is 32.0 Å². The third-order valence-electron chi connectivity index (χ3n) is 1.80. The second-order valence-electron chi connectivity index (χ2n) is 5.02. The largest absolute Gasteiger partial charge is 0.591 e. The van der Waals surface area contributed by atoms with Gasteiger partial charge in [0.2, 0.25) is 0 Å². The Kier molecular flexibility index (Phi) is 4.50. The van der Waals surface area contributed by atoms with Gasteiger partial charge in [0.15, 0.2) is 0 Å². The van der Waals surface area contributed by atoms with Crippen LogP contribution in [0.4, 0.5) is 0 Å². The first-order chi connectivity index (χ1) is 7.37. The first-order valence-electron chi connectivity index (χ1n) is 5.22. The lowest BCUT2D eigenvalue weighted by atomic mass is 10.0. The molecule has 0 saturated heterocycles. The van der Waals surface area contributed by atoms with Crippen molar-refractivity contribution in [1.29, 1.82) is 0 Å². The third-order valence-corrected chi connectivity index (χ3v) is 3.25. The Hall–Kier alpha value is -0.870. The number of aromatic nitrogens is 1. The molecule has 0 N–H and O–H groups in total. The van der Waals surface area contributed by atoms with Crippen molar-refractivity contribution in [2.24, 2.45) is 9.81 Å². The summed E-state index contributed by atoms with van der Waals surface area (Å²) in [6.45, 7) is 8.13. The van der Waals surface area contributed by atoms with Gasteiger partial charge in [-0.3, -0.25) is 4.98 Å². The lowest BCUT2D eigenvalue weighted by molar-refractivity contribution is 0.462. The predicted molar refractivity (Wildman–Crippen MR) is 69.0 cm³/mol. The normalized spacial score (nSPS) is 14.3. The fraction of sp³-hybridized carbons (Fsp3) is 0.500. The minimum atomic E-state index is -1.17. The quantitative estimate of drug-likeness (QED) is 0.600. The average molecular weight is 238 g/mol. The molecular weight excluding hydrogens is 220 g/mol. The zero-order valence-corrected chi connectivity index (χ0v) is 11.0. The van der Waals surface area contributed by atoms with Gasteiger partial charge in [0.05, 0.1) is 17.1 Å². The maximum Gasteiger partial charge on any atom is 0.138 e. The van der Waals surface area contributed by atoms with Crippen LogP contribution in [0.15, 0.2) is 22.7 Å². The van der Waals surface area contributed by atoms with Crippen LogP contribution in [-0.2, 0) is 11.4 Å². The molecule has 0 saturated carbocycles. The summed E-state index contributed by atoms with van der Waals surface area (Å²) in [5.74, 6) is 0.565. The van der Waals surface area contributed by atoms with E-state index >= 15 is 0 Å². The Morgan fingerprint density at radius 1 is 1.50 bits per heavy atom. The van der Waals surface area contributed by atoms with E-state index in [1.807, 2.05) is 39.8 Å². The van der Waals surface area contributed by atoms with Gasteiger partial charge in [0, 0.05) is 11.6 Å². The second-order valence-corrected chi connectivity index (χ2v) is 6.16. The summed E-state index contributed by atoms with van der Waals surface area (Å²) in [5.41, 5.74) is 1.91. The minimum absolute atomic E-state index is 0.0300. The molecule has 0 spiro atoms. The molecule has 1 heterocycles. The van der Waals surface area contributed by atoms with Crippen molar-refractivity contribution in [2.45, 2.75) is 27.7 Å². The van der Waals surface area contributed by atoms with Crippen LogP contribution in [0, 0.1) is 12.3 Å². The van der Waals surface area contributed by atoms with Crippen molar-refractivity contribution in [3.63, 3.8) is 0 Å². The van der Waals surface area contributed by atoms with Crippen molar-refractivity contribution in [3.8, 4) is 0 Å². The maximum atomic E-state index is 11.6. The van der Waals surface area contributed by atoms with Gasteiger partial charge in [0.1, 0.15) is 12.0 Å². The van der Waals surface area contributed by atoms with Crippen molar-refractivity contribution >= 4 is 17.6 Å². The van der Waals surface area contributed by atoms with E-state index in [-0.39, 0.29) is 5.41 Å². The topological polar surface area (TPSA) is 48.3 Å². The van der Waals surface area contributed by atoms with Crippen LogP contribution in [-0.4, -0.2) is 21.5 Å². The first-order valence-corrected chi connectivity index (χ1v) is 6.50. The zero-order chi connectivity index (χ0) is 12.2. The van der Waals surface area contributed by atoms with E-state index in [9.17, 15) is 4.55 Å². The molecule has 0 aliphatic rings. The van der Waals surface area contributed by atoms with Gasteiger partial charge < -0.3 is 4.55 Å². The average Bonchev–Trinajstić information content (AvgIpc) is 2.12. The molecule has 0 radical (unpaired) electrons. The number of aryl methyl sites for hydroxylation is 1. The zero-order valence-electron chi connectivity index (χ0n) is 10.2. The van der Waals surface area contributed by atoms with Gasteiger partial charge in [0.25, 0.3) is 0 Å². The molecule has 16 heavy (non-hydrogen) atoms. The van der Waals surface area contributed by atoms with E-state index in [0.717, 1.165) is 11.3 Å². The fourth-order valence-corrected chi connectivity index (χ4v) is 2.19. The smallest absolute Gasteiger partial charge is 0.138 e. The highest BCUT2D eigenvalue weighted by Crippen LogP contribution is 2.16. The van der Waals surface area contributed by atoms with Gasteiger partial charge in [-0.1, -0.05) is 25.2 Å². The van der Waals surface area contributed by atoms with E-state index < -0.39 is 11.4 Å². The maximum absolute atomic E-state index is 11.6. The monoisotopic (exact) mass is 238 g/mol. The highest BCUT2D eigenvalue weighted by molar-refractivity contribution is 7.90. The molecular formula is C12H18N2OS. The molecule has 0 fully saturated rings. The summed E-state index contributed by atoms with van der Waals surface area (Å²) in [7, 11) is 0. The van der Waals surface area contributed by atoms with Gasteiger partial charge in [-0.15, -0.1) is 0 Å². The SMILES string of the molecule is Cc1ccnc(C=N[S+]([O-])CC(C)(C)C)c1. The first kappa shape index (κ1) is 13.2. The van der Waals surface area contributed by atoms with E-state index in [1.165, 1.54) is 0 Å². The van der Waals surface area contributed by atoms with Gasteiger partial charge >= 0.3 is 0 Å². The van der Waals surface area contributed by atoms with Crippen LogP contribution < -0.4 is 0 Å². The Bertz CT molecular complexity index is 372. The summed E-state index contributed by atoms with van der Waals surface area (Å²) >= 11 is -1.17. The van der Waals surface area contributed by atoms with Crippen molar-refractivity contribution < 1.29 is 4.55 Å². The summed E-state index contributed by atoms with van der Waals surface area (Å²) < 4.78 is 15.6. The molecule has 0 aliphatic heterocycles. The molecule has 4 heteroatoms. The van der Waals surface area contributed by atoms with Crippen LogP contribution in [0.25, 0.3) is 0 Å². The van der Waals surface area contributed by atoms with Gasteiger partial charge in [-0.2, -0.15) is 0 Å². The molecule has 0 bridgehead atoms. The summed E-state index contributed by atoms with van der Waals surface area (Å²) in [4.78, 5) is 4.12. The van der Waals surface area contributed by atoms with Crippen LogP contribution in [0.5, 0.6) is 0 Å². The number of hydrogen-bond acceptors (Lipinski definition) is 3. The molecule has 1 unspecified atom stereocenters. The fourth-order valence-electron chi connectivity index (χ4n) is 1.15. The van der Waals surface area contributed by atoms with Crippen LogP contribution >= 0.6 is 0 Å². The molecule has 0 aromatic carbocycles. The summed E-state index contributed by atoms with van der Waals surface area (Å²) in [6.07, 6.45) is 3.30. The van der Waals surface area contributed by atoms with Crippen molar-refractivity contribution in [1.82, 2.24) is 4.98 Å². The number of rotatable bonds is 3. The number of nitrogens with zero attached hydrogens (tertiary/aromatic N) is 2. The highest BCUT2D eigenvalue weighted by atomic mass is 32.2. The van der Waals surface area contributed by atoms with Gasteiger partial charge in [-0.05, 0) is 24.6 Å². The molecule has 1 rings (SSSR count). The Morgan fingerprint density at radius 3 is 2.75 bits per heavy atom. The lowest BCUT2D eigenvalue weighted by Gasteiger charge is -2.16. The molecule has 0 amide bonds. The summed E-state index contributed by atoms with van der Waals surface area (Å²) in [5, 5.41) is 0. The third kappa shape index (κ3) is 5.28. The molecule has 0 aliphatic carbocycles.